The summed E-state index contributed by atoms with van der Waals surface area (Å²) in [6, 6.07) is 7.44. The molecule has 0 radical (unpaired) electrons. The fraction of sp³-hybridized carbons (Fsp3) is 0.133. The number of aromatic amines is 1. The first-order valence-corrected chi connectivity index (χ1v) is 7.42. The number of nitrogens with zero attached hydrogens (tertiary/aromatic N) is 2. The van der Waals surface area contributed by atoms with Crippen molar-refractivity contribution in [2.24, 2.45) is 4.99 Å². The molecule has 21 heavy (non-hydrogen) atoms. The van der Waals surface area contributed by atoms with Gasteiger partial charge in [-0.2, -0.15) is 4.99 Å². The van der Waals surface area contributed by atoms with Crippen molar-refractivity contribution < 1.29 is 4.74 Å². The molecular formula is C15H11N3O2S. The molecular weight excluding hydrogens is 286 g/mol. The number of nitrogens with one attached hydrogen (secondary N) is 1. The average Bonchev–Trinajstić information content (AvgIpc) is 3.09. The molecule has 0 saturated carbocycles. The molecule has 1 aromatic carbocycles. The van der Waals surface area contributed by atoms with Crippen LogP contribution in [0.5, 0.6) is 0 Å². The molecule has 0 aliphatic carbocycles. The van der Waals surface area contributed by atoms with Crippen molar-refractivity contribution in [1.82, 2.24) is 9.97 Å². The Bertz CT molecular complexity index is 912. The molecule has 0 bridgehead atoms. The number of hydrogen-bond donors (Lipinski definition) is 1. The van der Waals surface area contributed by atoms with Gasteiger partial charge in [0.25, 0.3) is 0 Å². The van der Waals surface area contributed by atoms with Crippen LogP contribution in [0.4, 0.5) is 5.13 Å². The lowest BCUT2D eigenvalue weighted by Crippen LogP contribution is -2.15. The van der Waals surface area contributed by atoms with Gasteiger partial charge in [0, 0.05) is 22.5 Å². The number of aliphatic imine (C=N–C) groups is 1. The van der Waals surface area contributed by atoms with Crippen molar-refractivity contribution in [3.8, 4) is 0 Å². The van der Waals surface area contributed by atoms with Crippen molar-refractivity contribution in [2.45, 2.75) is 13.0 Å². The smallest absolute Gasteiger partial charge is 0.230 e. The van der Waals surface area contributed by atoms with Crippen molar-refractivity contribution in [1.29, 1.82) is 0 Å². The summed E-state index contributed by atoms with van der Waals surface area (Å²) in [6.07, 6.45) is 1.45. The van der Waals surface area contributed by atoms with Gasteiger partial charge in [-0.3, -0.25) is 4.79 Å². The first-order valence-electron chi connectivity index (χ1n) is 6.54. The summed E-state index contributed by atoms with van der Waals surface area (Å²) in [5.74, 6) is 0.347. The molecule has 4 rings (SSSR count). The van der Waals surface area contributed by atoms with E-state index in [0.717, 1.165) is 11.2 Å². The lowest BCUT2D eigenvalue weighted by Gasteiger charge is -2.04. The molecule has 0 amide bonds. The number of thiazole rings is 1. The van der Waals surface area contributed by atoms with E-state index >= 15 is 0 Å². The summed E-state index contributed by atoms with van der Waals surface area (Å²) >= 11 is 1.40. The fourth-order valence-corrected chi connectivity index (χ4v) is 3.00. The minimum atomic E-state index is -0.226. The molecule has 104 valence electrons. The van der Waals surface area contributed by atoms with E-state index in [-0.39, 0.29) is 11.5 Å². The highest BCUT2D eigenvalue weighted by molar-refractivity contribution is 7.13. The quantitative estimate of drug-likeness (QED) is 0.750. The van der Waals surface area contributed by atoms with Crippen LogP contribution in [-0.2, 0) is 4.74 Å². The molecule has 6 heteroatoms. The zero-order valence-electron chi connectivity index (χ0n) is 11.2. The minimum absolute atomic E-state index is 0.0565. The van der Waals surface area contributed by atoms with E-state index in [2.05, 4.69) is 15.0 Å². The van der Waals surface area contributed by atoms with Crippen LogP contribution in [-0.4, -0.2) is 15.9 Å². The highest BCUT2D eigenvalue weighted by Gasteiger charge is 2.31. The number of benzene rings is 1. The molecule has 3 heterocycles. The van der Waals surface area contributed by atoms with Gasteiger partial charge >= 0.3 is 0 Å². The molecule has 1 N–H and O–H groups in total. The summed E-state index contributed by atoms with van der Waals surface area (Å²) < 4.78 is 5.74. The Labute approximate surface area is 124 Å². The lowest BCUT2D eigenvalue weighted by atomic mass is 10.1. The first kappa shape index (κ1) is 12.3. The predicted octanol–water partition coefficient (Wildman–Crippen LogP) is 3.15. The lowest BCUT2D eigenvalue weighted by molar-refractivity contribution is 0.228. The number of H-pyrrole nitrogens is 1. The van der Waals surface area contributed by atoms with Crippen LogP contribution in [0.1, 0.15) is 24.3 Å². The van der Waals surface area contributed by atoms with E-state index < -0.39 is 0 Å². The highest BCUT2D eigenvalue weighted by Crippen LogP contribution is 2.30. The van der Waals surface area contributed by atoms with Gasteiger partial charge in [-0.25, -0.2) is 4.98 Å². The Kier molecular flexibility index (Phi) is 2.65. The maximum absolute atomic E-state index is 12.7. The molecule has 1 aliphatic rings. The second-order valence-corrected chi connectivity index (χ2v) is 5.65. The monoisotopic (exact) mass is 297 g/mol. The van der Waals surface area contributed by atoms with E-state index in [1.54, 1.807) is 12.3 Å². The van der Waals surface area contributed by atoms with Crippen LogP contribution >= 0.6 is 11.3 Å². The summed E-state index contributed by atoms with van der Waals surface area (Å²) in [5.41, 5.74) is 2.04. The van der Waals surface area contributed by atoms with Crippen molar-refractivity contribution >= 4 is 33.3 Å². The molecule has 0 spiro atoms. The summed E-state index contributed by atoms with van der Waals surface area (Å²) in [6.45, 7) is 1.90. The van der Waals surface area contributed by atoms with E-state index in [1.165, 1.54) is 11.3 Å². The van der Waals surface area contributed by atoms with Crippen molar-refractivity contribution in [2.75, 3.05) is 0 Å². The Morgan fingerprint density at radius 2 is 2.24 bits per heavy atom. The van der Waals surface area contributed by atoms with Gasteiger partial charge in [-0.05, 0) is 19.1 Å². The Morgan fingerprint density at radius 1 is 1.38 bits per heavy atom. The van der Waals surface area contributed by atoms with Gasteiger partial charge in [0.1, 0.15) is 11.7 Å². The average molecular weight is 297 g/mol. The highest BCUT2D eigenvalue weighted by atomic mass is 32.1. The van der Waals surface area contributed by atoms with E-state index in [4.69, 9.17) is 4.74 Å². The number of fused-ring (bicyclic) bond motifs is 2. The second kappa shape index (κ2) is 4.53. The van der Waals surface area contributed by atoms with Gasteiger partial charge in [0.2, 0.25) is 16.5 Å². The molecule has 1 atom stereocenters. The van der Waals surface area contributed by atoms with Gasteiger partial charge in [-0.15, -0.1) is 11.3 Å². The number of aromatic nitrogens is 2. The van der Waals surface area contributed by atoms with E-state index in [1.807, 2.05) is 30.5 Å². The molecule has 5 nitrogen and oxygen atoms in total. The number of para-hydroxylation sites is 1. The SMILES string of the molecule is CC1O/C(=N\c2nccs2)c2c1[nH]c1ccccc1c2=O. The zero-order valence-corrected chi connectivity index (χ0v) is 12.0. The molecule has 0 saturated heterocycles. The Morgan fingerprint density at radius 3 is 3.05 bits per heavy atom. The number of pyridine rings is 1. The maximum Gasteiger partial charge on any atom is 0.230 e. The number of rotatable bonds is 1. The largest absolute Gasteiger partial charge is 0.468 e. The maximum atomic E-state index is 12.7. The third-order valence-corrected chi connectivity index (χ3v) is 4.13. The summed E-state index contributed by atoms with van der Waals surface area (Å²) in [5, 5.41) is 3.06. The van der Waals surface area contributed by atoms with Gasteiger partial charge < -0.3 is 9.72 Å². The van der Waals surface area contributed by atoms with Crippen LogP contribution in [0.15, 0.2) is 45.6 Å². The number of hydrogen-bond acceptors (Lipinski definition) is 5. The summed E-state index contributed by atoms with van der Waals surface area (Å²) in [7, 11) is 0. The normalized spacial score (nSPS) is 18.9. The summed E-state index contributed by atoms with van der Waals surface area (Å²) in [4.78, 5) is 24.5. The molecule has 1 unspecified atom stereocenters. The second-order valence-electron chi connectivity index (χ2n) is 4.78. The van der Waals surface area contributed by atoms with Crippen LogP contribution in [0.3, 0.4) is 0 Å². The van der Waals surface area contributed by atoms with E-state index in [9.17, 15) is 4.79 Å². The fourth-order valence-electron chi connectivity index (χ4n) is 2.50. The topological polar surface area (TPSA) is 67.3 Å². The predicted molar refractivity (Wildman–Crippen MR) is 82.4 cm³/mol. The van der Waals surface area contributed by atoms with Crippen molar-refractivity contribution in [3.05, 3.63) is 57.3 Å². The first-order chi connectivity index (χ1) is 10.2. The molecule has 3 aromatic rings. The minimum Gasteiger partial charge on any atom is -0.468 e. The Hall–Kier alpha value is -2.47. The van der Waals surface area contributed by atoms with Crippen LogP contribution < -0.4 is 5.43 Å². The zero-order chi connectivity index (χ0) is 14.4. The molecule has 1 aliphatic heterocycles. The third kappa shape index (κ3) is 1.87. The van der Waals surface area contributed by atoms with Crippen LogP contribution in [0, 0.1) is 0 Å². The van der Waals surface area contributed by atoms with E-state index in [0.29, 0.717) is 22.0 Å². The van der Waals surface area contributed by atoms with Crippen molar-refractivity contribution in [3.63, 3.8) is 0 Å². The Balaban J connectivity index is 2.01. The van der Waals surface area contributed by atoms with Gasteiger partial charge in [-0.1, -0.05) is 12.1 Å². The van der Waals surface area contributed by atoms with Gasteiger partial charge in [0.05, 0.1) is 5.69 Å². The number of ether oxygens (including phenoxy) is 1. The third-order valence-electron chi connectivity index (χ3n) is 3.46. The molecule has 2 aromatic heterocycles. The van der Waals surface area contributed by atoms with Crippen LogP contribution in [0.2, 0.25) is 0 Å². The molecule has 0 fully saturated rings. The van der Waals surface area contributed by atoms with Crippen LogP contribution in [0.25, 0.3) is 10.9 Å². The standard InChI is InChI=1S/C15H11N3O2S/c1-8-12-11(14(20-8)18-15-16-6-7-21-15)13(19)9-4-2-3-5-10(9)17-12/h2-8H,1H3,(H,17,19)/b18-14-. The van der Waals surface area contributed by atoms with Gasteiger partial charge in [0.15, 0.2) is 0 Å².